The number of benzene rings is 2. The molecule has 5 nitrogen and oxygen atoms in total. The van der Waals surface area contributed by atoms with Gasteiger partial charge in [-0.15, -0.1) is 0 Å². The highest BCUT2D eigenvalue weighted by atomic mass is 16.5. The minimum atomic E-state index is -0.444. The summed E-state index contributed by atoms with van der Waals surface area (Å²) in [4.78, 5) is 12.6. The Bertz CT molecular complexity index is 911. The van der Waals surface area contributed by atoms with Crippen LogP contribution in [0.4, 0.5) is 5.69 Å². The van der Waals surface area contributed by atoms with Crippen LogP contribution in [-0.4, -0.2) is 19.1 Å². The average molecular weight is 378 g/mol. The van der Waals surface area contributed by atoms with Crippen LogP contribution in [0, 0.1) is 25.2 Å². The van der Waals surface area contributed by atoms with E-state index in [1.807, 2.05) is 52.0 Å². The highest BCUT2D eigenvalue weighted by Crippen LogP contribution is 2.29. The topological polar surface area (TPSA) is 71.3 Å². The standard InChI is InChI=1S/C23H26N2O3/c1-5-12-28-21-11-10-18(14-22(21)27-6-2)13-19(15-24)23(26)25-20-9-7-8-16(3)17(20)4/h7-11,13-14H,5-6,12H2,1-4H3,(H,25,26)/b19-13+. The molecule has 5 heteroatoms. The molecule has 146 valence electrons. The van der Waals surface area contributed by atoms with Gasteiger partial charge in [0.25, 0.3) is 5.91 Å². The number of carbonyl (C=O) groups is 1. The van der Waals surface area contributed by atoms with Gasteiger partial charge in [0, 0.05) is 5.69 Å². The number of nitrogens with zero attached hydrogens (tertiary/aromatic N) is 1. The zero-order chi connectivity index (χ0) is 20.5. The van der Waals surface area contributed by atoms with Gasteiger partial charge in [-0.05, 0) is 68.2 Å². The molecule has 0 radical (unpaired) electrons. The number of nitrogens with one attached hydrogen (secondary N) is 1. The molecule has 0 saturated heterocycles. The molecule has 0 aliphatic carbocycles. The highest BCUT2D eigenvalue weighted by Gasteiger charge is 2.13. The highest BCUT2D eigenvalue weighted by molar-refractivity contribution is 6.10. The van der Waals surface area contributed by atoms with E-state index in [1.54, 1.807) is 24.3 Å². The van der Waals surface area contributed by atoms with Gasteiger partial charge in [0.15, 0.2) is 11.5 Å². The Balaban J connectivity index is 2.27. The number of carbonyl (C=O) groups excluding carboxylic acids is 1. The van der Waals surface area contributed by atoms with Gasteiger partial charge in [0.2, 0.25) is 0 Å². The van der Waals surface area contributed by atoms with Crippen LogP contribution in [-0.2, 0) is 4.79 Å². The Labute approximate surface area is 166 Å². The normalized spacial score (nSPS) is 10.9. The first kappa shape index (κ1) is 21.0. The second kappa shape index (κ2) is 10.2. The number of ether oxygens (including phenoxy) is 2. The molecule has 0 saturated carbocycles. The van der Waals surface area contributed by atoms with Crippen molar-refractivity contribution in [3.63, 3.8) is 0 Å². The predicted molar refractivity (Wildman–Crippen MR) is 112 cm³/mol. The van der Waals surface area contributed by atoms with Crippen LogP contribution in [0.5, 0.6) is 11.5 Å². The van der Waals surface area contributed by atoms with E-state index in [0.717, 1.165) is 17.5 Å². The van der Waals surface area contributed by atoms with Gasteiger partial charge in [-0.2, -0.15) is 5.26 Å². The smallest absolute Gasteiger partial charge is 0.266 e. The lowest BCUT2D eigenvalue weighted by atomic mass is 10.1. The van der Waals surface area contributed by atoms with Crippen LogP contribution in [0.25, 0.3) is 6.08 Å². The molecule has 2 aromatic carbocycles. The van der Waals surface area contributed by atoms with E-state index in [9.17, 15) is 10.1 Å². The second-order valence-electron chi connectivity index (χ2n) is 6.36. The summed E-state index contributed by atoms with van der Waals surface area (Å²) in [6.07, 6.45) is 2.44. The minimum Gasteiger partial charge on any atom is -0.490 e. The van der Waals surface area contributed by atoms with E-state index in [2.05, 4.69) is 5.32 Å². The Morgan fingerprint density at radius 3 is 2.61 bits per heavy atom. The molecule has 0 fully saturated rings. The van der Waals surface area contributed by atoms with Crippen molar-refractivity contribution in [2.45, 2.75) is 34.1 Å². The van der Waals surface area contributed by atoms with Gasteiger partial charge < -0.3 is 14.8 Å². The summed E-state index contributed by atoms with van der Waals surface area (Å²) >= 11 is 0. The number of hydrogen-bond acceptors (Lipinski definition) is 4. The summed E-state index contributed by atoms with van der Waals surface area (Å²) in [6.45, 7) is 8.92. The number of hydrogen-bond donors (Lipinski definition) is 1. The van der Waals surface area contributed by atoms with Crippen molar-refractivity contribution in [2.75, 3.05) is 18.5 Å². The number of anilines is 1. The fourth-order valence-electron chi connectivity index (χ4n) is 2.61. The van der Waals surface area contributed by atoms with Crippen LogP contribution < -0.4 is 14.8 Å². The minimum absolute atomic E-state index is 0.0191. The van der Waals surface area contributed by atoms with E-state index in [0.29, 0.717) is 36.0 Å². The van der Waals surface area contributed by atoms with Crippen molar-refractivity contribution >= 4 is 17.7 Å². The molecule has 2 rings (SSSR count). The predicted octanol–water partition coefficient (Wildman–Crippen LogP) is 5.04. The van der Waals surface area contributed by atoms with Crippen molar-refractivity contribution in [3.05, 3.63) is 58.7 Å². The molecule has 28 heavy (non-hydrogen) atoms. The fraction of sp³-hybridized carbons (Fsp3) is 0.304. The number of rotatable bonds is 8. The molecule has 0 atom stereocenters. The van der Waals surface area contributed by atoms with Gasteiger partial charge in [0.1, 0.15) is 11.6 Å². The summed E-state index contributed by atoms with van der Waals surface area (Å²) in [5.74, 6) is 0.802. The molecule has 0 heterocycles. The monoisotopic (exact) mass is 378 g/mol. The van der Waals surface area contributed by atoms with Crippen LogP contribution in [0.2, 0.25) is 0 Å². The van der Waals surface area contributed by atoms with Crippen molar-refractivity contribution < 1.29 is 14.3 Å². The zero-order valence-corrected chi connectivity index (χ0v) is 16.8. The first-order valence-corrected chi connectivity index (χ1v) is 9.39. The number of amides is 1. The molecule has 0 unspecified atom stereocenters. The van der Waals surface area contributed by atoms with Crippen LogP contribution in [0.15, 0.2) is 42.0 Å². The third kappa shape index (κ3) is 5.37. The third-order valence-electron chi connectivity index (χ3n) is 4.26. The van der Waals surface area contributed by atoms with Crippen LogP contribution in [0.1, 0.15) is 37.0 Å². The number of aryl methyl sites for hydroxylation is 1. The quantitative estimate of drug-likeness (QED) is 0.516. The van der Waals surface area contributed by atoms with E-state index in [4.69, 9.17) is 9.47 Å². The van der Waals surface area contributed by atoms with Crippen molar-refractivity contribution in [1.82, 2.24) is 0 Å². The van der Waals surface area contributed by atoms with Crippen molar-refractivity contribution in [1.29, 1.82) is 5.26 Å². The van der Waals surface area contributed by atoms with Gasteiger partial charge in [-0.25, -0.2) is 0 Å². The number of nitriles is 1. The Morgan fingerprint density at radius 2 is 1.93 bits per heavy atom. The summed E-state index contributed by atoms with van der Waals surface area (Å²) in [7, 11) is 0. The third-order valence-corrected chi connectivity index (χ3v) is 4.26. The molecule has 0 bridgehead atoms. The molecule has 2 aromatic rings. The summed E-state index contributed by atoms with van der Waals surface area (Å²) < 4.78 is 11.3. The Hall–Kier alpha value is -3.26. The van der Waals surface area contributed by atoms with E-state index >= 15 is 0 Å². The average Bonchev–Trinajstić information content (AvgIpc) is 2.69. The zero-order valence-electron chi connectivity index (χ0n) is 16.8. The molecule has 0 aliphatic heterocycles. The van der Waals surface area contributed by atoms with Gasteiger partial charge in [-0.1, -0.05) is 25.1 Å². The Morgan fingerprint density at radius 1 is 1.14 bits per heavy atom. The van der Waals surface area contributed by atoms with Crippen molar-refractivity contribution in [2.24, 2.45) is 0 Å². The molecular formula is C23H26N2O3. The molecular weight excluding hydrogens is 352 g/mol. The van der Waals surface area contributed by atoms with E-state index in [1.165, 1.54) is 0 Å². The summed E-state index contributed by atoms with van der Waals surface area (Å²) in [5.41, 5.74) is 3.46. The Kier molecular flexibility index (Phi) is 7.65. The van der Waals surface area contributed by atoms with E-state index in [-0.39, 0.29) is 5.57 Å². The lowest BCUT2D eigenvalue weighted by molar-refractivity contribution is -0.112. The summed E-state index contributed by atoms with van der Waals surface area (Å²) in [6, 6.07) is 13.0. The second-order valence-corrected chi connectivity index (χ2v) is 6.36. The maximum absolute atomic E-state index is 12.6. The SMILES string of the molecule is CCCOc1ccc(/C=C(\C#N)C(=O)Nc2cccc(C)c2C)cc1OCC. The van der Waals surface area contributed by atoms with Crippen molar-refractivity contribution in [3.8, 4) is 17.6 Å². The maximum atomic E-state index is 12.6. The van der Waals surface area contributed by atoms with Crippen LogP contribution in [0.3, 0.4) is 0 Å². The van der Waals surface area contributed by atoms with Crippen LogP contribution >= 0.6 is 0 Å². The van der Waals surface area contributed by atoms with Gasteiger partial charge in [0.05, 0.1) is 13.2 Å². The van der Waals surface area contributed by atoms with Gasteiger partial charge in [-0.3, -0.25) is 4.79 Å². The lowest BCUT2D eigenvalue weighted by Gasteiger charge is -2.12. The first-order valence-electron chi connectivity index (χ1n) is 9.39. The lowest BCUT2D eigenvalue weighted by Crippen LogP contribution is -2.14. The molecule has 0 spiro atoms. The summed E-state index contributed by atoms with van der Waals surface area (Å²) in [5, 5.41) is 12.3. The largest absolute Gasteiger partial charge is 0.490 e. The van der Waals surface area contributed by atoms with E-state index < -0.39 is 5.91 Å². The molecule has 1 amide bonds. The first-order chi connectivity index (χ1) is 13.5. The molecule has 0 aliphatic rings. The molecule has 1 N–H and O–H groups in total. The molecule has 0 aromatic heterocycles. The fourth-order valence-corrected chi connectivity index (χ4v) is 2.61. The maximum Gasteiger partial charge on any atom is 0.266 e. The van der Waals surface area contributed by atoms with Gasteiger partial charge >= 0.3 is 0 Å².